The van der Waals surface area contributed by atoms with Gasteiger partial charge >= 0.3 is 0 Å². The Kier molecular flexibility index (Phi) is 6.61. The first kappa shape index (κ1) is 23.4. The van der Waals surface area contributed by atoms with Gasteiger partial charge in [0.15, 0.2) is 5.76 Å². The number of carbonyl (C=O) groups is 1. The molecule has 0 saturated carbocycles. The molecule has 1 amide bonds. The Labute approximate surface area is 198 Å². The molecule has 0 aliphatic carbocycles. The van der Waals surface area contributed by atoms with E-state index in [2.05, 4.69) is 0 Å². The van der Waals surface area contributed by atoms with Crippen molar-refractivity contribution in [1.29, 1.82) is 0 Å². The van der Waals surface area contributed by atoms with Crippen LogP contribution in [0.3, 0.4) is 0 Å². The second-order valence-corrected chi connectivity index (χ2v) is 9.63. The standard InChI is InChI=1S/C26H25NO6S/c1-3-33-21-15-11-19(12-16-21)23-25(34(30,31)22-7-5-4-6-8-22)24(28)26(29)27(23)17-18-9-13-20(32-2)14-10-18/h4-16,23,28H,3,17H2,1-2H3/t23-/m1/s1. The molecule has 34 heavy (non-hydrogen) atoms. The maximum atomic E-state index is 13.6. The van der Waals surface area contributed by atoms with Crippen molar-refractivity contribution in [2.45, 2.75) is 24.4 Å². The van der Waals surface area contributed by atoms with Gasteiger partial charge in [-0.1, -0.05) is 42.5 Å². The lowest BCUT2D eigenvalue weighted by Crippen LogP contribution is -2.30. The number of sulfone groups is 1. The predicted octanol–water partition coefficient (Wildman–Crippen LogP) is 4.42. The highest BCUT2D eigenvalue weighted by atomic mass is 32.2. The van der Waals surface area contributed by atoms with E-state index >= 15 is 0 Å². The zero-order valence-corrected chi connectivity index (χ0v) is 19.7. The van der Waals surface area contributed by atoms with Gasteiger partial charge in [0.25, 0.3) is 5.91 Å². The molecule has 0 fully saturated rings. The molecule has 0 bridgehead atoms. The maximum absolute atomic E-state index is 13.6. The second-order valence-electron chi connectivity index (χ2n) is 7.72. The minimum absolute atomic E-state index is 0.00610. The van der Waals surface area contributed by atoms with Crippen LogP contribution in [-0.4, -0.2) is 38.0 Å². The summed E-state index contributed by atoms with van der Waals surface area (Å²) in [6, 6.07) is 20.8. The van der Waals surface area contributed by atoms with Gasteiger partial charge in [-0.05, 0) is 54.4 Å². The van der Waals surface area contributed by atoms with Crippen LogP contribution < -0.4 is 9.47 Å². The van der Waals surface area contributed by atoms with Gasteiger partial charge in [-0.15, -0.1) is 0 Å². The Balaban J connectivity index is 1.80. The number of benzene rings is 3. The first-order chi connectivity index (χ1) is 16.4. The van der Waals surface area contributed by atoms with Crippen molar-refractivity contribution in [3.8, 4) is 11.5 Å². The Morgan fingerprint density at radius 2 is 1.53 bits per heavy atom. The molecule has 8 heteroatoms. The zero-order valence-electron chi connectivity index (χ0n) is 18.8. The van der Waals surface area contributed by atoms with Gasteiger partial charge in [0.2, 0.25) is 9.84 Å². The van der Waals surface area contributed by atoms with E-state index in [1.807, 2.05) is 6.92 Å². The molecule has 0 aromatic heterocycles. The van der Waals surface area contributed by atoms with Gasteiger partial charge in [0, 0.05) is 6.54 Å². The fourth-order valence-electron chi connectivity index (χ4n) is 3.97. The molecule has 1 heterocycles. The van der Waals surface area contributed by atoms with E-state index < -0.39 is 27.5 Å². The summed E-state index contributed by atoms with van der Waals surface area (Å²) in [6.07, 6.45) is 0. The van der Waals surface area contributed by atoms with Gasteiger partial charge in [-0.3, -0.25) is 4.79 Å². The molecule has 3 aromatic rings. The molecule has 176 valence electrons. The summed E-state index contributed by atoms with van der Waals surface area (Å²) in [6.45, 7) is 2.45. The molecule has 1 atom stereocenters. The minimum atomic E-state index is -4.16. The number of aliphatic hydroxyl groups is 1. The van der Waals surface area contributed by atoms with Gasteiger partial charge in [-0.25, -0.2) is 8.42 Å². The third kappa shape index (κ3) is 4.36. The number of amides is 1. The summed E-state index contributed by atoms with van der Waals surface area (Å²) < 4.78 is 37.9. The third-order valence-corrected chi connectivity index (χ3v) is 7.51. The van der Waals surface area contributed by atoms with E-state index in [0.717, 1.165) is 5.56 Å². The van der Waals surface area contributed by atoms with Crippen molar-refractivity contribution in [3.63, 3.8) is 0 Å². The van der Waals surface area contributed by atoms with Gasteiger partial charge in [0.05, 0.1) is 24.7 Å². The predicted molar refractivity (Wildman–Crippen MR) is 127 cm³/mol. The number of ether oxygens (including phenoxy) is 2. The van der Waals surface area contributed by atoms with Crippen LogP contribution in [0.1, 0.15) is 24.1 Å². The molecule has 1 aliphatic heterocycles. The molecule has 0 unspecified atom stereocenters. The van der Waals surface area contributed by atoms with Crippen LogP contribution in [0.15, 0.2) is 94.4 Å². The highest BCUT2D eigenvalue weighted by Crippen LogP contribution is 2.43. The lowest BCUT2D eigenvalue weighted by atomic mass is 10.1. The van der Waals surface area contributed by atoms with Crippen LogP contribution in [0, 0.1) is 0 Å². The van der Waals surface area contributed by atoms with Crippen LogP contribution in [0.5, 0.6) is 11.5 Å². The number of hydrogen-bond donors (Lipinski definition) is 1. The normalized spacial score (nSPS) is 16.1. The number of rotatable bonds is 8. The van der Waals surface area contributed by atoms with Crippen molar-refractivity contribution in [1.82, 2.24) is 4.90 Å². The van der Waals surface area contributed by atoms with E-state index in [1.165, 1.54) is 17.0 Å². The molecular formula is C26H25NO6S. The second kappa shape index (κ2) is 9.61. The van der Waals surface area contributed by atoms with E-state index in [9.17, 15) is 18.3 Å². The van der Waals surface area contributed by atoms with E-state index in [0.29, 0.717) is 23.7 Å². The summed E-state index contributed by atoms with van der Waals surface area (Å²) in [5, 5.41) is 10.8. The van der Waals surface area contributed by atoms with E-state index in [4.69, 9.17) is 9.47 Å². The molecule has 0 saturated heterocycles. The summed E-state index contributed by atoms with van der Waals surface area (Å²) in [7, 11) is -2.60. The number of methoxy groups -OCH3 is 1. The van der Waals surface area contributed by atoms with Gasteiger partial charge in [-0.2, -0.15) is 0 Å². The SMILES string of the molecule is CCOc1ccc([C@@H]2C(S(=O)(=O)c3ccccc3)=C(O)C(=O)N2Cc2ccc(OC)cc2)cc1. The molecule has 1 N–H and O–H groups in total. The quantitative estimate of drug-likeness (QED) is 0.514. The monoisotopic (exact) mass is 479 g/mol. The zero-order chi connectivity index (χ0) is 24.3. The van der Waals surface area contributed by atoms with Crippen LogP contribution in [-0.2, 0) is 21.2 Å². The molecule has 4 rings (SSSR count). The van der Waals surface area contributed by atoms with E-state index in [1.54, 1.807) is 73.8 Å². The Morgan fingerprint density at radius 3 is 2.12 bits per heavy atom. The van der Waals surface area contributed by atoms with Crippen LogP contribution >= 0.6 is 0 Å². The van der Waals surface area contributed by atoms with Crippen molar-refractivity contribution < 1.29 is 27.8 Å². The lowest BCUT2D eigenvalue weighted by molar-refractivity contribution is -0.130. The third-order valence-electron chi connectivity index (χ3n) is 5.62. The fraction of sp³-hybridized carbons (Fsp3) is 0.192. The van der Waals surface area contributed by atoms with Crippen LogP contribution in [0.4, 0.5) is 0 Å². The number of nitrogens with zero attached hydrogens (tertiary/aromatic N) is 1. The first-order valence-electron chi connectivity index (χ1n) is 10.8. The highest BCUT2D eigenvalue weighted by Gasteiger charge is 2.46. The maximum Gasteiger partial charge on any atom is 0.290 e. The average Bonchev–Trinajstić information content (AvgIpc) is 3.11. The fourth-order valence-corrected chi connectivity index (χ4v) is 5.63. The Morgan fingerprint density at radius 1 is 0.912 bits per heavy atom. The van der Waals surface area contributed by atoms with Crippen molar-refractivity contribution in [2.75, 3.05) is 13.7 Å². The summed E-state index contributed by atoms with van der Waals surface area (Å²) in [5.74, 6) is -0.230. The van der Waals surface area contributed by atoms with Gasteiger partial charge in [0.1, 0.15) is 16.4 Å². The average molecular weight is 480 g/mol. The van der Waals surface area contributed by atoms with Gasteiger partial charge < -0.3 is 19.5 Å². The Hall–Kier alpha value is -3.78. The highest BCUT2D eigenvalue weighted by molar-refractivity contribution is 7.95. The molecule has 1 aliphatic rings. The molecular weight excluding hydrogens is 454 g/mol. The van der Waals surface area contributed by atoms with Crippen molar-refractivity contribution in [2.24, 2.45) is 0 Å². The van der Waals surface area contributed by atoms with E-state index in [-0.39, 0.29) is 16.3 Å². The number of carbonyl (C=O) groups excluding carboxylic acids is 1. The van der Waals surface area contributed by atoms with Crippen molar-refractivity contribution in [3.05, 3.63) is 101 Å². The Bertz CT molecular complexity index is 1300. The molecule has 0 radical (unpaired) electrons. The largest absolute Gasteiger partial charge is 0.502 e. The topological polar surface area (TPSA) is 93.1 Å². The van der Waals surface area contributed by atoms with Crippen LogP contribution in [0.2, 0.25) is 0 Å². The summed E-state index contributed by atoms with van der Waals surface area (Å²) >= 11 is 0. The minimum Gasteiger partial charge on any atom is -0.502 e. The number of aliphatic hydroxyl groups excluding tert-OH is 1. The van der Waals surface area contributed by atoms with Crippen molar-refractivity contribution >= 4 is 15.7 Å². The summed E-state index contributed by atoms with van der Waals surface area (Å²) in [4.78, 5) is 14.2. The summed E-state index contributed by atoms with van der Waals surface area (Å²) in [5.41, 5.74) is 1.31. The molecule has 3 aromatic carbocycles. The molecule has 7 nitrogen and oxygen atoms in total. The smallest absolute Gasteiger partial charge is 0.290 e. The first-order valence-corrected chi connectivity index (χ1v) is 12.2. The van der Waals surface area contributed by atoms with Crippen LogP contribution in [0.25, 0.3) is 0 Å². The number of hydrogen-bond acceptors (Lipinski definition) is 6. The lowest BCUT2D eigenvalue weighted by Gasteiger charge is -2.27. The molecule has 0 spiro atoms.